The van der Waals surface area contributed by atoms with E-state index in [0.717, 1.165) is 10.4 Å². The molecule has 0 unspecified atom stereocenters. The minimum absolute atomic E-state index is 0.0269. The van der Waals surface area contributed by atoms with Crippen molar-refractivity contribution < 1.29 is 36.2 Å². The number of aryl methyl sites for hydroxylation is 1. The molecule has 0 bridgehead atoms. The Hall–Kier alpha value is -3.20. The fourth-order valence-corrected chi connectivity index (χ4v) is 3.69. The molecule has 30 heavy (non-hydrogen) atoms. The number of thiophene rings is 1. The van der Waals surface area contributed by atoms with Crippen molar-refractivity contribution in [1.82, 2.24) is 0 Å². The normalized spacial score (nSPS) is 14.2. The molecule has 1 aliphatic heterocycles. The average Bonchev–Trinajstić information content (AvgIpc) is 3.27. The molecule has 1 aliphatic rings. The fraction of sp³-hybridized carbons (Fsp3) is 0.0952. The van der Waals surface area contributed by atoms with E-state index in [-0.39, 0.29) is 28.6 Å². The molecule has 9 heteroatoms. The molecule has 0 spiro atoms. The Kier molecular flexibility index (Phi) is 5.07. The van der Waals surface area contributed by atoms with Crippen LogP contribution in [0.3, 0.4) is 0 Å². The van der Waals surface area contributed by atoms with Gasteiger partial charge in [0.25, 0.3) is 0 Å². The number of carbonyl (C=O) groups excluding carboxylic acids is 1. The fourth-order valence-electron chi connectivity index (χ4n) is 2.84. The summed E-state index contributed by atoms with van der Waals surface area (Å²) in [5.74, 6) is -10.3. The van der Waals surface area contributed by atoms with E-state index in [0.29, 0.717) is 0 Å². The number of benzene rings is 2. The van der Waals surface area contributed by atoms with Gasteiger partial charge < -0.3 is 9.47 Å². The summed E-state index contributed by atoms with van der Waals surface area (Å²) in [7, 11) is 0. The first-order valence-corrected chi connectivity index (χ1v) is 9.41. The molecule has 3 aromatic rings. The summed E-state index contributed by atoms with van der Waals surface area (Å²) in [6.45, 7) is 0.983. The summed E-state index contributed by atoms with van der Waals surface area (Å²) in [4.78, 5) is 13.3. The van der Waals surface area contributed by atoms with Crippen LogP contribution < -0.4 is 9.47 Å². The maximum absolute atomic E-state index is 13.8. The third kappa shape index (κ3) is 3.35. The maximum Gasteiger partial charge on any atom is 0.232 e. The summed E-state index contributed by atoms with van der Waals surface area (Å²) >= 11 is 1.44. The average molecular weight is 438 g/mol. The minimum atomic E-state index is -2.24. The van der Waals surface area contributed by atoms with Gasteiger partial charge >= 0.3 is 0 Å². The molecule has 0 atom stereocenters. The Bertz CT molecular complexity index is 1190. The predicted molar refractivity (Wildman–Crippen MR) is 99.0 cm³/mol. The number of carbonyl (C=O) groups is 1. The van der Waals surface area contributed by atoms with Crippen molar-refractivity contribution in [3.63, 3.8) is 0 Å². The largest absolute Gasteiger partial charge is 0.489 e. The first-order valence-electron chi connectivity index (χ1n) is 8.53. The lowest BCUT2D eigenvalue weighted by atomic mass is 10.1. The third-order valence-electron chi connectivity index (χ3n) is 4.49. The van der Waals surface area contributed by atoms with E-state index >= 15 is 0 Å². The van der Waals surface area contributed by atoms with Crippen molar-refractivity contribution in [2.45, 2.75) is 13.5 Å². The van der Waals surface area contributed by atoms with Gasteiger partial charge in [-0.2, -0.15) is 0 Å². The smallest absolute Gasteiger partial charge is 0.232 e. The highest BCUT2D eigenvalue weighted by molar-refractivity contribution is 7.11. The molecular formula is C21H11F5O3S. The number of ether oxygens (including phenoxy) is 2. The summed E-state index contributed by atoms with van der Waals surface area (Å²) in [6.07, 6.45) is 1.61. The molecule has 0 N–H and O–H groups in total. The van der Waals surface area contributed by atoms with Crippen LogP contribution in [0.5, 0.6) is 11.5 Å². The molecule has 2 heterocycles. The third-order valence-corrected chi connectivity index (χ3v) is 5.46. The Balaban J connectivity index is 1.57. The highest BCUT2D eigenvalue weighted by Crippen LogP contribution is 2.36. The number of allylic oxidation sites excluding steroid dienone is 1. The van der Waals surface area contributed by atoms with Crippen LogP contribution in [0.1, 0.15) is 26.4 Å². The molecule has 3 nitrogen and oxygen atoms in total. The molecule has 154 valence electrons. The van der Waals surface area contributed by atoms with Gasteiger partial charge in [-0.1, -0.05) is 0 Å². The summed E-state index contributed by atoms with van der Waals surface area (Å²) in [5.41, 5.74) is 0.142. The van der Waals surface area contributed by atoms with Crippen LogP contribution in [0.25, 0.3) is 6.08 Å². The van der Waals surface area contributed by atoms with Gasteiger partial charge in [0.1, 0.15) is 18.1 Å². The van der Waals surface area contributed by atoms with Gasteiger partial charge in [0.05, 0.1) is 11.1 Å². The van der Waals surface area contributed by atoms with Gasteiger partial charge in [0.15, 0.2) is 29.0 Å². The number of hydrogen-bond donors (Lipinski definition) is 0. The van der Waals surface area contributed by atoms with Crippen LogP contribution >= 0.6 is 11.3 Å². The molecule has 0 saturated carbocycles. The Morgan fingerprint density at radius 1 is 1.00 bits per heavy atom. The predicted octanol–water partition coefficient (Wildman–Crippen LogP) is 5.95. The molecule has 0 fully saturated rings. The first kappa shape index (κ1) is 20.1. The van der Waals surface area contributed by atoms with Crippen LogP contribution in [-0.4, -0.2) is 5.78 Å². The van der Waals surface area contributed by atoms with Gasteiger partial charge in [-0.15, -0.1) is 11.3 Å². The zero-order valence-electron chi connectivity index (χ0n) is 15.2. The second-order valence-corrected chi connectivity index (χ2v) is 7.35. The lowest BCUT2D eigenvalue weighted by molar-refractivity contribution is 0.101. The lowest BCUT2D eigenvalue weighted by Gasteiger charge is -2.10. The van der Waals surface area contributed by atoms with Crippen molar-refractivity contribution in [1.29, 1.82) is 0 Å². The highest BCUT2D eigenvalue weighted by atomic mass is 32.1. The summed E-state index contributed by atoms with van der Waals surface area (Å²) in [6, 6.07) is 5.94. The quantitative estimate of drug-likeness (QED) is 0.219. The van der Waals surface area contributed by atoms with Crippen molar-refractivity contribution in [3.8, 4) is 11.5 Å². The highest BCUT2D eigenvalue weighted by Gasteiger charge is 2.29. The van der Waals surface area contributed by atoms with Crippen LogP contribution in [0.15, 0.2) is 35.4 Å². The van der Waals surface area contributed by atoms with Crippen molar-refractivity contribution >= 4 is 23.2 Å². The molecular weight excluding hydrogens is 427 g/mol. The topological polar surface area (TPSA) is 35.5 Å². The van der Waals surface area contributed by atoms with E-state index in [4.69, 9.17) is 9.47 Å². The van der Waals surface area contributed by atoms with E-state index in [1.807, 2.05) is 18.4 Å². The van der Waals surface area contributed by atoms with Crippen LogP contribution in [-0.2, 0) is 6.61 Å². The minimum Gasteiger partial charge on any atom is -0.489 e. The monoisotopic (exact) mass is 438 g/mol. The van der Waals surface area contributed by atoms with Crippen molar-refractivity contribution in [2.24, 2.45) is 0 Å². The van der Waals surface area contributed by atoms with Gasteiger partial charge in [-0.25, -0.2) is 22.0 Å². The van der Waals surface area contributed by atoms with Crippen molar-refractivity contribution in [3.05, 3.63) is 86.1 Å². The number of rotatable bonds is 4. The Labute approximate surface area is 171 Å². The van der Waals surface area contributed by atoms with Crippen LogP contribution in [0.2, 0.25) is 0 Å². The van der Waals surface area contributed by atoms with E-state index in [1.165, 1.54) is 29.5 Å². The SMILES string of the molecule is Cc1ccsc1C=C1Oc2cc(OCc3c(F)c(F)c(F)c(F)c3F)ccc2C1=O. The number of hydrogen-bond acceptors (Lipinski definition) is 4. The molecule has 1 aromatic heterocycles. The van der Waals surface area contributed by atoms with E-state index in [9.17, 15) is 26.7 Å². The van der Waals surface area contributed by atoms with E-state index in [2.05, 4.69) is 0 Å². The summed E-state index contributed by atoms with van der Waals surface area (Å²) in [5, 5.41) is 1.87. The second-order valence-electron chi connectivity index (χ2n) is 6.40. The Morgan fingerprint density at radius 3 is 2.30 bits per heavy atom. The standard InChI is InChI=1S/C21H11F5O3S/c1-9-4-5-30-15(9)7-14-21(27)11-3-2-10(6-13(11)29-14)28-8-12-16(22)18(24)20(26)19(25)17(12)23/h2-7H,8H2,1H3. The van der Waals surface area contributed by atoms with Crippen LogP contribution in [0, 0.1) is 36.0 Å². The van der Waals surface area contributed by atoms with Gasteiger partial charge in [-0.3, -0.25) is 4.79 Å². The molecule has 0 saturated heterocycles. The van der Waals surface area contributed by atoms with Gasteiger partial charge in [0, 0.05) is 17.0 Å². The molecule has 4 rings (SSSR count). The lowest BCUT2D eigenvalue weighted by Crippen LogP contribution is -2.09. The number of ketones is 1. The molecule has 0 amide bonds. The molecule has 0 aliphatic carbocycles. The van der Waals surface area contributed by atoms with Crippen LogP contribution in [0.4, 0.5) is 22.0 Å². The Morgan fingerprint density at radius 2 is 1.67 bits per heavy atom. The number of Topliss-reactive ketones (excluding diaryl/α,β-unsaturated/α-hetero) is 1. The molecule has 2 aromatic carbocycles. The van der Waals surface area contributed by atoms with Crippen molar-refractivity contribution in [2.75, 3.05) is 0 Å². The zero-order chi connectivity index (χ0) is 21.6. The summed E-state index contributed by atoms with van der Waals surface area (Å²) < 4.78 is 78.0. The zero-order valence-corrected chi connectivity index (χ0v) is 16.0. The number of fused-ring (bicyclic) bond motifs is 1. The first-order chi connectivity index (χ1) is 14.3. The van der Waals surface area contributed by atoms with E-state index < -0.39 is 41.3 Å². The number of halogens is 5. The molecule has 0 radical (unpaired) electrons. The second kappa shape index (κ2) is 7.56. The van der Waals surface area contributed by atoms with Gasteiger partial charge in [0.2, 0.25) is 11.6 Å². The van der Waals surface area contributed by atoms with Gasteiger partial charge in [-0.05, 0) is 36.1 Å². The van der Waals surface area contributed by atoms with E-state index in [1.54, 1.807) is 6.08 Å². The maximum atomic E-state index is 13.8.